The fraction of sp³-hybridized carbons (Fsp3) is 0.471. The molecule has 2 fully saturated rings. The fourth-order valence-electron chi connectivity index (χ4n) is 6.81. The molecule has 1 aromatic heterocycles. The van der Waals surface area contributed by atoms with Crippen molar-refractivity contribution in [1.82, 2.24) is 24.7 Å². The molecule has 1 saturated carbocycles. The second-order valence-corrected chi connectivity index (χ2v) is 14.9. The molecule has 11 nitrogen and oxygen atoms in total. The predicted octanol–water partition coefficient (Wildman–Crippen LogP) is 4.12. The maximum absolute atomic E-state index is 14.4. The average Bonchev–Trinajstić information content (AvgIpc) is 2.97. The van der Waals surface area contributed by atoms with Gasteiger partial charge in [0.2, 0.25) is 17.7 Å². The number of aryl methyl sites for hydroxylation is 2. The standard InChI is InChI=1S/C34H42N6O5S/c1-21(2)14-27-20-45-30-18-29(32-22(3)8-6-9-23(32)4)35-34(36-30)37-46(43,44)28-11-7-10-24(15-28)33(42)40(27)26-16-25(17-26)39-13-12-38(5)31(41)19-39/h6-11,15,18,21,25-27H,12-14,16-17,19-20H2,1-5H3,(H,35,36,37)/t25?,26?,27-/m1/s1. The Morgan fingerprint density at radius 2 is 1.70 bits per heavy atom. The van der Waals surface area contributed by atoms with Crippen molar-refractivity contribution in [2.45, 2.75) is 70.0 Å². The molecular formula is C34H42N6O5S. The lowest BCUT2D eigenvalue weighted by Gasteiger charge is -2.51. The topological polar surface area (TPSA) is 125 Å². The van der Waals surface area contributed by atoms with Crippen LogP contribution in [0.4, 0.5) is 5.95 Å². The Kier molecular flexibility index (Phi) is 8.77. The van der Waals surface area contributed by atoms with E-state index in [1.165, 1.54) is 12.1 Å². The minimum Gasteiger partial charge on any atom is -0.475 e. The van der Waals surface area contributed by atoms with E-state index in [1.54, 1.807) is 23.1 Å². The fourth-order valence-corrected chi connectivity index (χ4v) is 7.80. The van der Waals surface area contributed by atoms with Crippen molar-refractivity contribution in [1.29, 1.82) is 0 Å². The van der Waals surface area contributed by atoms with Gasteiger partial charge in [-0.15, -0.1) is 0 Å². The molecule has 1 atom stereocenters. The highest BCUT2D eigenvalue weighted by atomic mass is 32.2. The SMILES string of the molecule is Cc1cccc(C)c1-c1cc2nc(n1)NS(=O)(=O)c1cccc(c1)C(=O)N(C1CC(N3CCN(C)C(=O)C3)C1)[C@H](CC(C)C)CO2. The number of carbonyl (C=O) groups excluding carboxylic acids is 2. The van der Waals surface area contributed by atoms with Crippen molar-refractivity contribution < 1.29 is 22.7 Å². The number of rotatable bonds is 5. The summed E-state index contributed by atoms with van der Waals surface area (Å²) in [5.74, 6) is 0.241. The van der Waals surface area contributed by atoms with Gasteiger partial charge in [-0.2, -0.15) is 4.98 Å². The van der Waals surface area contributed by atoms with E-state index in [9.17, 15) is 18.0 Å². The minimum atomic E-state index is -4.14. The zero-order valence-electron chi connectivity index (χ0n) is 27.1. The first-order chi connectivity index (χ1) is 21.9. The van der Waals surface area contributed by atoms with Gasteiger partial charge in [0.25, 0.3) is 15.9 Å². The van der Waals surface area contributed by atoms with Crippen molar-refractivity contribution in [3.8, 4) is 17.1 Å². The number of sulfonamides is 1. The third-order valence-electron chi connectivity index (χ3n) is 9.34. The molecule has 46 heavy (non-hydrogen) atoms. The van der Waals surface area contributed by atoms with Gasteiger partial charge in [-0.3, -0.25) is 14.5 Å². The first kappa shape index (κ1) is 31.9. The Hall–Kier alpha value is -4.03. The van der Waals surface area contributed by atoms with Gasteiger partial charge in [-0.1, -0.05) is 38.1 Å². The number of hydrogen-bond donors (Lipinski definition) is 1. The first-order valence-corrected chi connectivity index (χ1v) is 17.4. The molecule has 3 aromatic rings. The smallest absolute Gasteiger partial charge is 0.264 e. The normalized spacial score (nSPS) is 23.5. The lowest BCUT2D eigenvalue weighted by molar-refractivity contribution is -0.137. The molecule has 3 aliphatic rings. The Morgan fingerprint density at radius 1 is 0.978 bits per heavy atom. The van der Waals surface area contributed by atoms with Crippen LogP contribution < -0.4 is 9.46 Å². The molecule has 1 saturated heterocycles. The number of nitrogens with one attached hydrogen (secondary N) is 1. The number of aromatic nitrogens is 2. The summed E-state index contributed by atoms with van der Waals surface area (Å²) in [5, 5.41) is 0. The van der Waals surface area contributed by atoms with Gasteiger partial charge < -0.3 is 14.5 Å². The summed E-state index contributed by atoms with van der Waals surface area (Å²) in [7, 11) is -2.31. The number of anilines is 1. The molecular weight excluding hydrogens is 604 g/mol. The summed E-state index contributed by atoms with van der Waals surface area (Å²) in [5.41, 5.74) is 3.68. The second kappa shape index (κ2) is 12.6. The Labute approximate surface area is 271 Å². The van der Waals surface area contributed by atoms with Crippen LogP contribution in [0.3, 0.4) is 0 Å². The number of likely N-dealkylation sites (N-methyl/N-ethyl adjacent to an activating group) is 1. The summed E-state index contributed by atoms with van der Waals surface area (Å²) in [4.78, 5) is 41.7. The molecule has 3 heterocycles. The highest BCUT2D eigenvalue weighted by Gasteiger charge is 2.44. The van der Waals surface area contributed by atoms with Crippen molar-refractivity contribution in [2.24, 2.45) is 5.92 Å². The van der Waals surface area contributed by atoms with E-state index in [-0.39, 0.29) is 64.8 Å². The van der Waals surface area contributed by atoms with E-state index in [1.807, 2.05) is 44.0 Å². The van der Waals surface area contributed by atoms with E-state index < -0.39 is 10.0 Å². The third kappa shape index (κ3) is 6.46. The molecule has 244 valence electrons. The summed E-state index contributed by atoms with van der Waals surface area (Å²) < 4.78 is 36.2. The zero-order valence-corrected chi connectivity index (χ0v) is 27.9. The monoisotopic (exact) mass is 646 g/mol. The molecule has 12 heteroatoms. The molecule has 1 aliphatic carbocycles. The molecule has 1 N–H and O–H groups in total. The van der Waals surface area contributed by atoms with E-state index in [0.29, 0.717) is 25.2 Å². The molecule has 2 aromatic carbocycles. The van der Waals surface area contributed by atoms with Gasteiger partial charge >= 0.3 is 0 Å². The maximum Gasteiger partial charge on any atom is 0.264 e. The number of hydrogen-bond acceptors (Lipinski definition) is 8. The molecule has 6 rings (SSSR count). The number of ether oxygens (including phenoxy) is 1. The lowest BCUT2D eigenvalue weighted by atomic mass is 9.82. The van der Waals surface area contributed by atoms with Gasteiger partial charge in [-0.05, 0) is 68.4 Å². The van der Waals surface area contributed by atoms with Crippen LogP contribution in [0.15, 0.2) is 53.4 Å². The van der Waals surface area contributed by atoms with Gasteiger partial charge in [-0.25, -0.2) is 18.1 Å². The van der Waals surface area contributed by atoms with Crippen LogP contribution in [0.25, 0.3) is 11.3 Å². The van der Waals surface area contributed by atoms with E-state index >= 15 is 0 Å². The lowest BCUT2D eigenvalue weighted by Crippen LogP contribution is -2.62. The summed E-state index contributed by atoms with van der Waals surface area (Å²) in [6.45, 7) is 10.2. The quantitative estimate of drug-likeness (QED) is 0.439. The van der Waals surface area contributed by atoms with Crippen molar-refractivity contribution >= 4 is 27.8 Å². The molecule has 4 bridgehead atoms. The van der Waals surface area contributed by atoms with Crippen LogP contribution >= 0.6 is 0 Å². The Morgan fingerprint density at radius 3 is 2.39 bits per heavy atom. The summed E-state index contributed by atoms with van der Waals surface area (Å²) in [6.07, 6.45) is 2.13. The minimum absolute atomic E-state index is 0.0519. The van der Waals surface area contributed by atoms with E-state index in [4.69, 9.17) is 4.74 Å². The van der Waals surface area contributed by atoms with Crippen molar-refractivity contribution in [3.05, 3.63) is 65.2 Å². The number of nitrogens with zero attached hydrogens (tertiary/aromatic N) is 5. The van der Waals surface area contributed by atoms with Gasteiger partial charge in [0.05, 0.1) is 23.2 Å². The summed E-state index contributed by atoms with van der Waals surface area (Å²) >= 11 is 0. The number of benzene rings is 2. The van der Waals surface area contributed by atoms with E-state index in [2.05, 4.69) is 33.4 Å². The zero-order chi connectivity index (χ0) is 32.7. The number of fused-ring (bicyclic) bond motifs is 4. The second-order valence-electron chi connectivity index (χ2n) is 13.2. The molecule has 2 amide bonds. The summed E-state index contributed by atoms with van der Waals surface area (Å²) in [6, 6.07) is 13.6. The van der Waals surface area contributed by atoms with Gasteiger partial charge in [0.1, 0.15) is 6.61 Å². The predicted molar refractivity (Wildman–Crippen MR) is 175 cm³/mol. The highest BCUT2D eigenvalue weighted by molar-refractivity contribution is 7.92. The third-order valence-corrected chi connectivity index (χ3v) is 10.7. The number of amides is 2. The van der Waals surface area contributed by atoms with Gasteiger partial charge in [0, 0.05) is 49.4 Å². The number of piperazine rings is 1. The molecule has 2 aliphatic heterocycles. The maximum atomic E-state index is 14.4. The number of carbonyl (C=O) groups is 2. The van der Waals surface area contributed by atoms with Crippen LogP contribution in [-0.2, 0) is 14.8 Å². The van der Waals surface area contributed by atoms with Gasteiger partial charge in [0.15, 0.2) is 0 Å². The van der Waals surface area contributed by atoms with Crippen LogP contribution in [0.1, 0.15) is 54.6 Å². The van der Waals surface area contributed by atoms with Crippen LogP contribution in [-0.4, -0.2) is 96.3 Å². The van der Waals surface area contributed by atoms with Crippen molar-refractivity contribution in [2.75, 3.05) is 38.0 Å². The Balaban J connectivity index is 1.40. The average molecular weight is 647 g/mol. The molecule has 0 radical (unpaired) electrons. The molecule has 0 spiro atoms. The van der Waals surface area contributed by atoms with Crippen LogP contribution in [0, 0.1) is 19.8 Å². The highest BCUT2D eigenvalue weighted by Crippen LogP contribution is 2.36. The molecule has 0 unspecified atom stereocenters. The largest absolute Gasteiger partial charge is 0.475 e. The van der Waals surface area contributed by atoms with Crippen LogP contribution in [0.2, 0.25) is 0 Å². The van der Waals surface area contributed by atoms with E-state index in [0.717, 1.165) is 36.1 Å². The van der Waals surface area contributed by atoms with Crippen molar-refractivity contribution in [3.63, 3.8) is 0 Å². The first-order valence-electron chi connectivity index (χ1n) is 15.9. The Bertz CT molecular complexity index is 1740. The van der Waals surface area contributed by atoms with Crippen LogP contribution in [0.5, 0.6) is 5.88 Å².